The zero-order chi connectivity index (χ0) is 22.2. The highest BCUT2D eigenvalue weighted by atomic mass is 19.1. The van der Waals surface area contributed by atoms with Crippen LogP contribution >= 0.6 is 0 Å². The third-order valence-corrected chi connectivity index (χ3v) is 5.01. The molecule has 0 aromatic heterocycles. The van der Waals surface area contributed by atoms with Crippen LogP contribution < -0.4 is 4.74 Å². The summed E-state index contributed by atoms with van der Waals surface area (Å²) in [6.45, 7) is 5.69. The molecule has 0 saturated heterocycles. The highest BCUT2D eigenvalue weighted by Gasteiger charge is 2.27. The molecule has 2 aromatic carbocycles. The van der Waals surface area contributed by atoms with E-state index in [2.05, 4.69) is 10.1 Å². The standard InChI is InChI=1S/C24H31FN2O4/c1-17(2)30-16-19(28)14-27(13-18-7-6-8-20(11-18)29-3)15-21-12-24(26-31-21)22-9-4-5-10-23(22)25/h4-11,17,19,21,28H,12-16H2,1-3H3/t19-,21-/m1/s1. The van der Waals surface area contributed by atoms with E-state index in [0.717, 1.165) is 11.3 Å². The van der Waals surface area contributed by atoms with Crippen molar-refractivity contribution in [3.8, 4) is 5.75 Å². The molecule has 0 radical (unpaired) electrons. The van der Waals surface area contributed by atoms with Crippen molar-refractivity contribution >= 4 is 5.71 Å². The third kappa shape index (κ3) is 7.02. The maximum absolute atomic E-state index is 14.1. The first-order valence-electron chi connectivity index (χ1n) is 10.6. The Bertz CT molecular complexity index is 874. The summed E-state index contributed by atoms with van der Waals surface area (Å²) in [5, 5.41) is 14.6. The first-order valence-corrected chi connectivity index (χ1v) is 10.6. The lowest BCUT2D eigenvalue weighted by Gasteiger charge is -2.27. The van der Waals surface area contributed by atoms with Crippen LogP contribution in [0.15, 0.2) is 53.7 Å². The van der Waals surface area contributed by atoms with E-state index in [9.17, 15) is 9.50 Å². The minimum atomic E-state index is -0.638. The van der Waals surface area contributed by atoms with Crippen LogP contribution in [0.4, 0.5) is 4.39 Å². The first-order chi connectivity index (χ1) is 14.9. The molecule has 7 heteroatoms. The lowest BCUT2D eigenvalue weighted by atomic mass is 10.0. The van der Waals surface area contributed by atoms with Crippen molar-refractivity contribution in [2.24, 2.45) is 5.16 Å². The van der Waals surface area contributed by atoms with Gasteiger partial charge < -0.3 is 19.4 Å². The predicted octanol–water partition coefficient (Wildman–Crippen LogP) is 3.62. The Labute approximate surface area is 183 Å². The molecule has 2 aromatic rings. The number of rotatable bonds is 11. The van der Waals surface area contributed by atoms with Crippen molar-refractivity contribution in [2.45, 2.75) is 45.1 Å². The monoisotopic (exact) mass is 430 g/mol. The molecule has 0 bridgehead atoms. The van der Waals surface area contributed by atoms with Crippen LogP contribution in [0.2, 0.25) is 0 Å². The molecule has 0 saturated carbocycles. The van der Waals surface area contributed by atoms with Gasteiger partial charge in [-0.25, -0.2) is 4.39 Å². The van der Waals surface area contributed by atoms with Gasteiger partial charge in [0, 0.05) is 31.6 Å². The van der Waals surface area contributed by atoms with Crippen molar-refractivity contribution < 1.29 is 23.8 Å². The first kappa shape index (κ1) is 23.2. The topological polar surface area (TPSA) is 63.5 Å². The molecule has 2 atom stereocenters. The van der Waals surface area contributed by atoms with Gasteiger partial charge in [0.2, 0.25) is 0 Å². The molecule has 1 heterocycles. The summed E-state index contributed by atoms with van der Waals surface area (Å²) in [5.41, 5.74) is 2.13. The van der Waals surface area contributed by atoms with E-state index in [-0.39, 0.29) is 24.6 Å². The predicted molar refractivity (Wildman–Crippen MR) is 118 cm³/mol. The highest BCUT2D eigenvalue weighted by molar-refractivity contribution is 6.01. The largest absolute Gasteiger partial charge is 0.497 e. The van der Waals surface area contributed by atoms with Crippen LogP contribution in [0.3, 0.4) is 0 Å². The van der Waals surface area contributed by atoms with Crippen LogP contribution in [0, 0.1) is 5.82 Å². The zero-order valence-electron chi connectivity index (χ0n) is 18.3. The molecule has 1 aliphatic rings. The number of hydrogen-bond acceptors (Lipinski definition) is 6. The molecule has 31 heavy (non-hydrogen) atoms. The number of benzene rings is 2. The summed E-state index contributed by atoms with van der Waals surface area (Å²) in [6.07, 6.45) is -0.301. The molecule has 0 unspecified atom stereocenters. The second kappa shape index (κ2) is 11.2. The molecule has 0 spiro atoms. The Morgan fingerprint density at radius 2 is 2.03 bits per heavy atom. The van der Waals surface area contributed by atoms with E-state index < -0.39 is 6.10 Å². The second-order valence-corrected chi connectivity index (χ2v) is 8.03. The SMILES string of the molecule is COc1cccc(CN(C[C@@H](O)COC(C)C)C[C@H]2CC(c3ccccc3F)=NO2)c1. The summed E-state index contributed by atoms with van der Waals surface area (Å²) < 4.78 is 25.0. The van der Waals surface area contributed by atoms with Gasteiger partial charge in [0.25, 0.3) is 0 Å². The molecule has 1 N–H and O–H groups in total. The molecular formula is C24H31FN2O4. The quantitative estimate of drug-likeness (QED) is 0.590. The number of oxime groups is 1. The number of aliphatic hydroxyl groups is 1. The van der Waals surface area contributed by atoms with Crippen molar-refractivity contribution in [2.75, 3.05) is 26.8 Å². The van der Waals surface area contributed by atoms with Gasteiger partial charge in [-0.05, 0) is 37.6 Å². The normalized spacial score (nSPS) is 17.0. The van der Waals surface area contributed by atoms with Gasteiger partial charge in [-0.3, -0.25) is 4.90 Å². The van der Waals surface area contributed by atoms with Gasteiger partial charge in [-0.1, -0.05) is 35.5 Å². The maximum atomic E-state index is 14.1. The number of hydrogen-bond donors (Lipinski definition) is 1. The van der Waals surface area contributed by atoms with Crippen LogP contribution in [0.1, 0.15) is 31.4 Å². The summed E-state index contributed by atoms with van der Waals surface area (Å²) in [7, 11) is 1.64. The zero-order valence-corrected chi connectivity index (χ0v) is 18.3. The number of methoxy groups -OCH3 is 1. The lowest BCUT2D eigenvalue weighted by molar-refractivity contribution is -0.0194. The average Bonchev–Trinajstić information content (AvgIpc) is 3.21. The van der Waals surface area contributed by atoms with E-state index in [0.29, 0.717) is 37.3 Å². The molecule has 6 nitrogen and oxygen atoms in total. The average molecular weight is 431 g/mol. The summed E-state index contributed by atoms with van der Waals surface area (Å²) >= 11 is 0. The summed E-state index contributed by atoms with van der Waals surface area (Å²) in [6, 6.07) is 14.4. The fraction of sp³-hybridized carbons (Fsp3) is 0.458. The molecule has 0 amide bonds. The second-order valence-electron chi connectivity index (χ2n) is 8.03. The fourth-order valence-electron chi connectivity index (χ4n) is 3.56. The smallest absolute Gasteiger partial charge is 0.145 e. The van der Waals surface area contributed by atoms with Crippen molar-refractivity contribution in [3.63, 3.8) is 0 Å². The molecule has 0 aliphatic carbocycles. The number of halogens is 1. The van der Waals surface area contributed by atoms with E-state index in [4.69, 9.17) is 14.3 Å². The Balaban J connectivity index is 1.65. The van der Waals surface area contributed by atoms with Gasteiger partial charge >= 0.3 is 0 Å². The lowest BCUT2D eigenvalue weighted by Crippen LogP contribution is -2.39. The Morgan fingerprint density at radius 3 is 2.77 bits per heavy atom. The van der Waals surface area contributed by atoms with E-state index >= 15 is 0 Å². The maximum Gasteiger partial charge on any atom is 0.145 e. The fourth-order valence-corrected chi connectivity index (χ4v) is 3.56. The summed E-state index contributed by atoms with van der Waals surface area (Å²) in [5.74, 6) is 0.475. The molecular weight excluding hydrogens is 399 g/mol. The summed E-state index contributed by atoms with van der Waals surface area (Å²) in [4.78, 5) is 7.71. The molecule has 3 rings (SSSR count). The minimum Gasteiger partial charge on any atom is -0.497 e. The van der Waals surface area contributed by atoms with Crippen molar-refractivity contribution in [1.82, 2.24) is 4.90 Å². The Morgan fingerprint density at radius 1 is 1.23 bits per heavy atom. The van der Waals surface area contributed by atoms with Gasteiger partial charge in [0.05, 0.1) is 31.6 Å². The van der Waals surface area contributed by atoms with Gasteiger partial charge in [0.15, 0.2) is 0 Å². The van der Waals surface area contributed by atoms with Gasteiger partial charge in [-0.15, -0.1) is 0 Å². The molecule has 1 aliphatic heterocycles. The van der Waals surface area contributed by atoms with Crippen LogP contribution in [0.25, 0.3) is 0 Å². The third-order valence-electron chi connectivity index (χ3n) is 5.01. The Kier molecular flexibility index (Phi) is 8.40. The highest BCUT2D eigenvalue weighted by Crippen LogP contribution is 2.21. The number of aliphatic hydroxyl groups excluding tert-OH is 1. The Hall–Kier alpha value is -2.48. The van der Waals surface area contributed by atoms with Crippen molar-refractivity contribution in [1.29, 1.82) is 0 Å². The van der Waals surface area contributed by atoms with Crippen LogP contribution in [-0.2, 0) is 16.1 Å². The molecule has 168 valence electrons. The van der Waals surface area contributed by atoms with Crippen molar-refractivity contribution in [3.05, 3.63) is 65.5 Å². The van der Waals surface area contributed by atoms with Crippen LogP contribution in [0.5, 0.6) is 5.75 Å². The number of nitrogens with zero attached hydrogens (tertiary/aromatic N) is 2. The van der Waals surface area contributed by atoms with Gasteiger partial charge in [-0.2, -0.15) is 0 Å². The minimum absolute atomic E-state index is 0.0522. The number of ether oxygens (including phenoxy) is 2. The van der Waals surface area contributed by atoms with E-state index in [1.54, 1.807) is 25.3 Å². The van der Waals surface area contributed by atoms with E-state index in [1.165, 1.54) is 6.07 Å². The van der Waals surface area contributed by atoms with Crippen LogP contribution in [-0.4, -0.2) is 60.8 Å². The molecule has 0 fully saturated rings. The van der Waals surface area contributed by atoms with E-state index in [1.807, 2.05) is 38.1 Å². The van der Waals surface area contributed by atoms with Gasteiger partial charge in [0.1, 0.15) is 17.7 Å².